The van der Waals surface area contributed by atoms with Gasteiger partial charge in [-0.1, -0.05) is 91.0 Å². The number of hydrogen-bond donors (Lipinski definition) is 0. The molecule has 0 aliphatic rings. The first-order valence-corrected chi connectivity index (χ1v) is 10.6. The van der Waals surface area contributed by atoms with Crippen LogP contribution in [0.15, 0.2) is 116 Å². The summed E-state index contributed by atoms with van der Waals surface area (Å²) in [7, 11) is 0. The highest BCUT2D eigenvalue weighted by molar-refractivity contribution is 5.83. The minimum atomic E-state index is -0.718. The quantitative estimate of drug-likeness (QED) is 0.195. The molecule has 33 heavy (non-hydrogen) atoms. The van der Waals surface area contributed by atoms with Gasteiger partial charge < -0.3 is 4.57 Å². The predicted molar refractivity (Wildman–Crippen MR) is 125 cm³/mol. The van der Waals surface area contributed by atoms with Gasteiger partial charge in [-0.05, 0) is 28.8 Å². The lowest BCUT2D eigenvalue weighted by Crippen LogP contribution is -2.36. The minimum absolute atomic E-state index is 0.0185. The molecule has 3 aromatic carbocycles. The van der Waals surface area contributed by atoms with Crippen LogP contribution in [-0.4, -0.2) is 20.8 Å². The Morgan fingerprint density at radius 1 is 0.727 bits per heavy atom. The topological polar surface area (TPSA) is 47.8 Å². The zero-order chi connectivity index (χ0) is 22.7. The van der Waals surface area contributed by atoms with Gasteiger partial charge in [0, 0.05) is 11.8 Å². The number of rotatable bonds is 6. The molecule has 5 rings (SSSR count). The van der Waals surface area contributed by atoms with Crippen molar-refractivity contribution in [3.8, 4) is 11.3 Å². The van der Waals surface area contributed by atoms with Crippen molar-refractivity contribution in [3.63, 3.8) is 0 Å². The second-order valence-corrected chi connectivity index (χ2v) is 7.66. The fraction of sp³-hybridized carbons (Fsp3) is 0.0357. The van der Waals surface area contributed by atoms with Gasteiger partial charge in [-0.3, -0.25) is 4.79 Å². The molecule has 0 radical (unpaired) electrons. The van der Waals surface area contributed by atoms with Crippen molar-refractivity contribution in [3.05, 3.63) is 144 Å². The van der Waals surface area contributed by atoms with Crippen molar-refractivity contribution in [2.75, 3.05) is 0 Å². The van der Waals surface area contributed by atoms with Crippen LogP contribution >= 0.6 is 0 Å². The Labute approximate surface area is 191 Å². The van der Waals surface area contributed by atoms with Gasteiger partial charge in [0.1, 0.15) is 11.2 Å². The summed E-state index contributed by atoms with van der Waals surface area (Å²) in [5.41, 5.74) is 3.48. The summed E-state index contributed by atoms with van der Waals surface area (Å²) < 4.78 is 15.7. The Balaban J connectivity index is 1.81. The Kier molecular flexibility index (Phi) is 5.37. The average molecular weight is 433 g/mol. The van der Waals surface area contributed by atoms with E-state index in [4.69, 9.17) is 0 Å². The van der Waals surface area contributed by atoms with Gasteiger partial charge in [-0.15, -0.1) is 0 Å². The molecule has 0 spiro atoms. The van der Waals surface area contributed by atoms with E-state index in [2.05, 4.69) is 46.4 Å². The summed E-state index contributed by atoms with van der Waals surface area (Å²) >= 11 is 0. The second kappa shape index (κ2) is 8.63. The van der Waals surface area contributed by atoms with E-state index in [-0.39, 0.29) is 5.69 Å². The van der Waals surface area contributed by atoms with E-state index in [1.807, 2.05) is 65.4 Å². The molecule has 0 N–H and O–H groups in total. The van der Waals surface area contributed by atoms with E-state index >= 15 is 0 Å². The van der Waals surface area contributed by atoms with Crippen molar-refractivity contribution in [1.82, 2.24) is 14.5 Å². The van der Waals surface area contributed by atoms with Gasteiger partial charge in [-0.2, -0.15) is 4.39 Å². The molecule has 4 nitrogen and oxygen atoms in total. The second-order valence-electron chi connectivity index (χ2n) is 7.66. The van der Waals surface area contributed by atoms with Crippen LogP contribution in [0.2, 0.25) is 0 Å². The summed E-state index contributed by atoms with van der Waals surface area (Å²) in [6.45, 7) is 0. The van der Waals surface area contributed by atoms with E-state index in [0.717, 1.165) is 16.7 Å². The number of aromatic nitrogens is 3. The lowest BCUT2D eigenvalue weighted by Gasteiger charge is -2.37. The first kappa shape index (κ1) is 20.5. The number of halogens is 1. The van der Waals surface area contributed by atoms with E-state index in [1.54, 1.807) is 6.33 Å². The third-order valence-corrected chi connectivity index (χ3v) is 5.82. The molecule has 0 aliphatic heterocycles. The molecule has 0 aliphatic carbocycles. The maximum atomic E-state index is 13.6. The maximum absolute atomic E-state index is 13.6. The number of pyridine rings is 1. The summed E-state index contributed by atoms with van der Waals surface area (Å²) in [5, 5.41) is 0. The van der Waals surface area contributed by atoms with Crippen LogP contribution in [0.4, 0.5) is 4.39 Å². The van der Waals surface area contributed by atoms with E-state index in [0.29, 0.717) is 17.5 Å². The number of aldehydes is 1. The lowest BCUT2D eigenvalue weighted by atomic mass is 9.77. The molecular formula is C28H20FN3O. The fourth-order valence-electron chi connectivity index (χ4n) is 4.39. The van der Waals surface area contributed by atoms with Gasteiger partial charge in [0.05, 0.1) is 12.0 Å². The molecule has 0 unspecified atom stereocenters. The number of carbonyl (C=O) groups excluding carboxylic acids is 1. The van der Waals surface area contributed by atoms with Crippen molar-refractivity contribution >= 4 is 6.29 Å². The number of imidazole rings is 1. The summed E-state index contributed by atoms with van der Waals surface area (Å²) in [5.74, 6) is -0.701. The Morgan fingerprint density at radius 3 is 1.73 bits per heavy atom. The molecular weight excluding hydrogens is 413 g/mol. The molecule has 2 aromatic heterocycles. The molecule has 5 heteroatoms. The molecule has 0 fully saturated rings. The molecule has 5 aromatic rings. The van der Waals surface area contributed by atoms with Crippen molar-refractivity contribution in [1.29, 1.82) is 0 Å². The first-order valence-electron chi connectivity index (χ1n) is 10.6. The highest BCUT2D eigenvalue weighted by Gasteiger charge is 2.38. The number of carbonyl (C=O) groups is 1. The van der Waals surface area contributed by atoms with Gasteiger partial charge in [0.25, 0.3) is 0 Å². The maximum Gasteiger partial charge on any atom is 0.213 e. The van der Waals surface area contributed by atoms with Crippen molar-refractivity contribution in [2.45, 2.75) is 5.54 Å². The largest absolute Gasteiger partial charge is 0.318 e. The van der Waals surface area contributed by atoms with Crippen molar-refractivity contribution < 1.29 is 9.18 Å². The zero-order valence-corrected chi connectivity index (χ0v) is 17.7. The van der Waals surface area contributed by atoms with E-state index < -0.39 is 11.5 Å². The Hall–Kier alpha value is -4.38. The smallest absolute Gasteiger partial charge is 0.213 e. The van der Waals surface area contributed by atoms with Crippen LogP contribution in [0.1, 0.15) is 27.2 Å². The van der Waals surface area contributed by atoms with Crippen LogP contribution in [0.5, 0.6) is 0 Å². The van der Waals surface area contributed by atoms with E-state index in [9.17, 15) is 9.18 Å². The predicted octanol–water partition coefficient (Wildman–Crippen LogP) is 5.74. The zero-order valence-electron chi connectivity index (χ0n) is 17.7. The highest BCUT2D eigenvalue weighted by atomic mass is 19.1. The monoisotopic (exact) mass is 433 g/mol. The molecule has 2 heterocycles. The molecule has 0 saturated carbocycles. The van der Waals surface area contributed by atoms with Crippen LogP contribution in [0.3, 0.4) is 0 Å². The first-order chi connectivity index (χ1) is 16.2. The molecule has 160 valence electrons. The summed E-state index contributed by atoms with van der Waals surface area (Å²) in [6, 6.07) is 33.4. The normalized spacial score (nSPS) is 11.3. The van der Waals surface area contributed by atoms with Gasteiger partial charge in [0.15, 0.2) is 6.29 Å². The minimum Gasteiger partial charge on any atom is -0.318 e. The molecule has 0 amide bonds. The third-order valence-electron chi connectivity index (χ3n) is 5.82. The Bertz CT molecular complexity index is 1290. The standard InChI is InChI=1S/C28H20FN3O/c29-27-17-16-24(26(19-33)31-27)25-18-32(20-30-25)28(21-10-4-1-5-11-21,22-12-6-2-7-13-22)23-14-8-3-9-15-23/h1-20H. The van der Waals surface area contributed by atoms with Crippen LogP contribution < -0.4 is 0 Å². The average Bonchev–Trinajstić information content (AvgIpc) is 3.36. The van der Waals surface area contributed by atoms with Crippen LogP contribution in [0, 0.1) is 5.95 Å². The van der Waals surface area contributed by atoms with Crippen molar-refractivity contribution in [2.24, 2.45) is 0 Å². The number of benzene rings is 3. The highest BCUT2D eigenvalue weighted by Crippen LogP contribution is 2.41. The van der Waals surface area contributed by atoms with Crippen LogP contribution in [0.25, 0.3) is 11.3 Å². The van der Waals surface area contributed by atoms with E-state index in [1.165, 1.54) is 12.1 Å². The third kappa shape index (κ3) is 3.53. The summed E-state index contributed by atoms with van der Waals surface area (Å²) in [4.78, 5) is 19.9. The van der Waals surface area contributed by atoms with Gasteiger partial charge in [0.2, 0.25) is 5.95 Å². The van der Waals surface area contributed by atoms with Crippen LogP contribution in [-0.2, 0) is 5.54 Å². The number of hydrogen-bond acceptors (Lipinski definition) is 3. The number of nitrogens with zero attached hydrogens (tertiary/aromatic N) is 3. The lowest BCUT2D eigenvalue weighted by molar-refractivity contribution is 0.111. The summed E-state index contributed by atoms with van der Waals surface area (Å²) in [6.07, 6.45) is 4.19. The van der Waals surface area contributed by atoms with Gasteiger partial charge >= 0.3 is 0 Å². The fourth-order valence-corrected chi connectivity index (χ4v) is 4.39. The molecule has 0 atom stereocenters. The van der Waals surface area contributed by atoms with Gasteiger partial charge in [-0.25, -0.2) is 9.97 Å². The molecule has 0 bridgehead atoms. The SMILES string of the molecule is O=Cc1nc(F)ccc1-c1cn(C(c2ccccc2)(c2ccccc2)c2ccccc2)cn1. The molecule has 0 saturated heterocycles. The Morgan fingerprint density at radius 2 is 1.24 bits per heavy atom.